The molecule has 1 saturated carbocycles. The highest BCUT2D eigenvalue weighted by atomic mass is 16.5. The summed E-state index contributed by atoms with van der Waals surface area (Å²) >= 11 is 0. The maximum Gasteiger partial charge on any atom is 0.240 e. The van der Waals surface area contributed by atoms with Gasteiger partial charge in [0.25, 0.3) is 0 Å². The van der Waals surface area contributed by atoms with E-state index in [1.165, 1.54) is 0 Å². The van der Waals surface area contributed by atoms with Gasteiger partial charge in [0.15, 0.2) is 0 Å². The molecule has 0 bridgehead atoms. The van der Waals surface area contributed by atoms with E-state index in [0.717, 1.165) is 64.6 Å². The lowest BCUT2D eigenvalue weighted by Crippen LogP contribution is -2.42. The second-order valence-electron chi connectivity index (χ2n) is 5.87. The van der Waals surface area contributed by atoms with E-state index in [1.54, 1.807) is 0 Å². The summed E-state index contributed by atoms with van der Waals surface area (Å²) < 4.78 is 5.32. The summed E-state index contributed by atoms with van der Waals surface area (Å²) in [5.74, 6) is 0.475. The van der Waals surface area contributed by atoms with Crippen LogP contribution < -0.4 is 5.32 Å². The molecule has 2 aliphatic rings. The molecule has 0 spiro atoms. The van der Waals surface area contributed by atoms with Crippen LogP contribution in [0.15, 0.2) is 0 Å². The lowest BCUT2D eigenvalue weighted by atomic mass is 9.81. The van der Waals surface area contributed by atoms with Gasteiger partial charge in [-0.25, -0.2) is 0 Å². The van der Waals surface area contributed by atoms with Gasteiger partial charge in [0.05, 0.1) is 6.07 Å². The van der Waals surface area contributed by atoms with Crippen LogP contribution >= 0.6 is 0 Å². The Hall–Kier alpha value is -1.08. The molecule has 0 atom stereocenters. The Morgan fingerprint density at radius 3 is 2.42 bits per heavy atom. The number of carbonyl (C=O) groups excluding carboxylic acids is 1. The van der Waals surface area contributed by atoms with Crippen molar-refractivity contribution in [3.8, 4) is 6.07 Å². The van der Waals surface area contributed by atoms with E-state index in [-0.39, 0.29) is 5.91 Å². The molecule has 1 N–H and O–H groups in total. The number of hydrogen-bond donors (Lipinski definition) is 1. The number of nitrogens with zero attached hydrogens (tertiary/aromatic N) is 1. The van der Waals surface area contributed by atoms with E-state index >= 15 is 0 Å². The summed E-state index contributed by atoms with van der Waals surface area (Å²) in [6.07, 6.45) is 7.77. The fraction of sp³-hybridized carbons (Fsp3) is 0.867. The summed E-state index contributed by atoms with van der Waals surface area (Å²) in [6, 6.07) is 2.31. The molecule has 0 radical (unpaired) electrons. The molecular weight excluding hydrogens is 240 g/mol. The molecule has 0 aromatic rings. The van der Waals surface area contributed by atoms with Gasteiger partial charge in [0.1, 0.15) is 5.41 Å². The molecular formula is C15H24N2O2. The molecule has 0 aromatic heterocycles. The lowest BCUT2D eigenvalue weighted by molar-refractivity contribution is -0.129. The smallest absolute Gasteiger partial charge is 0.240 e. The van der Waals surface area contributed by atoms with Crippen LogP contribution in [0, 0.1) is 22.7 Å². The first-order valence-electron chi connectivity index (χ1n) is 7.54. The molecule has 4 heteroatoms. The van der Waals surface area contributed by atoms with E-state index in [1.807, 2.05) is 0 Å². The van der Waals surface area contributed by atoms with Crippen LogP contribution in [0.3, 0.4) is 0 Å². The molecule has 2 rings (SSSR count). The number of nitrogens with one attached hydrogen (secondary N) is 1. The summed E-state index contributed by atoms with van der Waals surface area (Å²) in [5.41, 5.74) is -0.762. The fourth-order valence-corrected chi connectivity index (χ4v) is 3.08. The van der Waals surface area contributed by atoms with Crippen molar-refractivity contribution in [2.75, 3.05) is 19.8 Å². The third-order valence-corrected chi connectivity index (χ3v) is 4.50. The van der Waals surface area contributed by atoms with E-state index in [9.17, 15) is 10.1 Å². The third kappa shape index (κ3) is 3.70. The zero-order chi connectivity index (χ0) is 13.6. The summed E-state index contributed by atoms with van der Waals surface area (Å²) in [6.45, 7) is 2.29. The number of amides is 1. The van der Waals surface area contributed by atoms with Crippen molar-refractivity contribution < 1.29 is 9.53 Å². The summed E-state index contributed by atoms with van der Waals surface area (Å²) in [7, 11) is 0. The maximum absolute atomic E-state index is 12.4. The zero-order valence-corrected chi connectivity index (χ0v) is 11.6. The third-order valence-electron chi connectivity index (χ3n) is 4.50. The highest BCUT2D eigenvalue weighted by Gasteiger charge is 2.38. The van der Waals surface area contributed by atoms with Crippen LogP contribution in [0.4, 0.5) is 0 Å². The minimum Gasteiger partial charge on any atom is -0.381 e. The van der Waals surface area contributed by atoms with E-state index in [0.29, 0.717) is 12.5 Å². The standard InChI is InChI=1S/C15H24N2O2/c16-12-15(7-3-1-2-4-8-15)14(18)17-11-13-5-9-19-10-6-13/h13H,1-11H2,(H,17,18). The largest absolute Gasteiger partial charge is 0.381 e. The van der Waals surface area contributed by atoms with Crippen LogP contribution in [0.2, 0.25) is 0 Å². The van der Waals surface area contributed by atoms with E-state index in [2.05, 4.69) is 11.4 Å². The van der Waals surface area contributed by atoms with Crippen molar-refractivity contribution in [1.29, 1.82) is 5.26 Å². The lowest BCUT2D eigenvalue weighted by Gasteiger charge is -2.27. The predicted molar refractivity (Wildman–Crippen MR) is 72.3 cm³/mol. The predicted octanol–water partition coefficient (Wildman–Crippen LogP) is 2.39. The molecule has 0 unspecified atom stereocenters. The molecule has 106 valence electrons. The molecule has 1 heterocycles. The molecule has 4 nitrogen and oxygen atoms in total. The summed E-state index contributed by atoms with van der Waals surface area (Å²) in [4.78, 5) is 12.4. The average Bonchev–Trinajstić information content (AvgIpc) is 2.72. The van der Waals surface area contributed by atoms with Gasteiger partial charge in [-0.2, -0.15) is 5.26 Å². The van der Waals surface area contributed by atoms with Gasteiger partial charge >= 0.3 is 0 Å². The van der Waals surface area contributed by atoms with Gasteiger partial charge in [0, 0.05) is 19.8 Å². The molecule has 2 fully saturated rings. The molecule has 1 amide bonds. The second kappa shape index (κ2) is 6.91. The van der Waals surface area contributed by atoms with E-state index in [4.69, 9.17) is 4.74 Å². The summed E-state index contributed by atoms with van der Waals surface area (Å²) in [5, 5.41) is 12.5. The number of hydrogen-bond acceptors (Lipinski definition) is 3. The Kier molecular flexibility index (Phi) is 5.21. The van der Waals surface area contributed by atoms with Crippen molar-refractivity contribution in [2.45, 2.75) is 51.4 Å². The first-order chi connectivity index (χ1) is 9.27. The first-order valence-corrected chi connectivity index (χ1v) is 7.54. The molecule has 1 saturated heterocycles. The maximum atomic E-state index is 12.4. The first kappa shape index (κ1) is 14.3. The Morgan fingerprint density at radius 1 is 1.21 bits per heavy atom. The number of ether oxygens (including phenoxy) is 1. The second-order valence-corrected chi connectivity index (χ2v) is 5.87. The van der Waals surface area contributed by atoms with E-state index < -0.39 is 5.41 Å². The number of nitriles is 1. The van der Waals surface area contributed by atoms with Crippen molar-refractivity contribution in [1.82, 2.24) is 5.32 Å². The minimum atomic E-state index is -0.762. The monoisotopic (exact) mass is 264 g/mol. The highest BCUT2D eigenvalue weighted by Crippen LogP contribution is 2.34. The minimum absolute atomic E-state index is 0.0385. The van der Waals surface area contributed by atoms with Gasteiger partial charge < -0.3 is 10.1 Å². The molecule has 1 aliphatic carbocycles. The fourth-order valence-electron chi connectivity index (χ4n) is 3.08. The zero-order valence-electron chi connectivity index (χ0n) is 11.6. The van der Waals surface area contributed by atoms with Crippen LogP contribution in [-0.2, 0) is 9.53 Å². The van der Waals surface area contributed by atoms with Crippen molar-refractivity contribution in [3.05, 3.63) is 0 Å². The van der Waals surface area contributed by atoms with Gasteiger partial charge in [-0.15, -0.1) is 0 Å². The highest BCUT2D eigenvalue weighted by molar-refractivity contribution is 5.85. The van der Waals surface area contributed by atoms with Crippen LogP contribution in [0.1, 0.15) is 51.4 Å². The van der Waals surface area contributed by atoms with Crippen LogP contribution in [0.5, 0.6) is 0 Å². The van der Waals surface area contributed by atoms with Crippen molar-refractivity contribution in [2.24, 2.45) is 11.3 Å². The Bertz CT molecular complexity index is 335. The molecule has 19 heavy (non-hydrogen) atoms. The quantitative estimate of drug-likeness (QED) is 0.796. The van der Waals surface area contributed by atoms with Gasteiger partial charge in [-0.3, -0.25) is 4.79 Å². The molecule has 1 aliphatic heterocycles. The van der Waals surface area contributed by atoms with Crippen LogP contribution in [0.25, 0.3) is 0 Å². The van der Waals surface area contributed by atoms with Crippen molar-refractivity contribution in [3.63, 3.8) is 0 Å². The normalized spacial score (nSPS) is 24.2. The number of carbonyl (C=O) groups is 1. The van der Waals surface area contributed by atoms with Crippen LogP contribution in [-0.4, -0.2) is 25.7 Å². The number of rotatable bonds is 3. The molecule has 0 aromatic carbocycles. The Balaban J connectivity index is 1.87. The van der Waals surface area contributed by atoms with Crippen molar-refractivity contribution >= 4 is 5.91 Å². The Labute approximate surface area is 115 Å². The van der Waals surface area contributed by atoms with Gasteiger partial charge in [0.2, 0.25) is 5.91 Å². The topological polar surface area (TPSA) is 62.1 Å². The average molecular weight is 264 g/mol. The SMILES string of the molecule is N#CC1(C(=O)NCC2CCOCC2)CCCCCC1. The van der Waals surface area contributed by atoms with Gasteiger partial charge in [-0.05, 0) is 31.6 Å². The van der Waals surface area contributed by atoms with Gasteiger partial charge in [-0.1, -0.05) is 25.7 Å². The Morgan fingerprint density at radius 2 is 1.84 bits per heavy atom.